The van der Waals surface area contributed by atoms with Gasteiger partial charge in [0.1, 0.15) is 5.82 Å². The van der Waals surface area contributed by atoms with E-state index < -0.39 is 0 Å². The number of para-hydroxylation sites is 1. The summed E-state index contributed by atoms with van der Waals surface area (Å²) in [5.41, 5.74) is 10.1. The minimum atomic E-state index is 0.208. The van der Waals surface area contributed by atoms with Gasteiger partial charge in [-0.25, -0.2) is 4.68 Å². The van der Waals surface area contributed by atoms with Crippen LogP contribution in [0.1, 0.15) is 50.8 Å². The topological polar surface area (TPSA) is 43.8 Å². The van der Waals surface area contributed by atoms with E-state index in [4.69, 9.17) is 10.8 Å². The van der Waals surface area contributed by atoms with Gasteiger partial charge in [-0.3, -0.25) is 0 Å². The first-order chi connectivity index (χ1) is 9.65. The molecule has 2 N–H and O–H groups in total. The van der Waals surface area contributed by atoms with E-state index in [0.29, 0.717) is 0 Å². The molecule has 0 radical (unpaired) electrons. The summed E-state index contributed by atoms with van der Waals surface area (Å²) in [5, 5.41) is 4.90. The van der Waals surface area contributed by atoms with E-state index in [9.17, 15) is 0 Å². The molecule has 106 valence electrons. The van der Waals surface area contributed by atoms with Crippen molar-refractivity contribution in [2.24, 2.45) is 0 Å². The van der Waals surface area contributed by atoms with Gasteiger partial charge in [0.25, 0.3) is 0 Å². The fraction of sp³-hybridized carbons (Fsp3) is 0.471. The lowest BCUT2D eigenvalue weighted by Gasteiger charge is -2.22. The van der Waals surface area contributed by atoms with Crippen molar-refractivity contribution < 1.29 is 0 Å². The predicted octanol–water partition coefficient (Wildman–Crippen LogP) is 3.85. The molecule has 0 atom stereocenters. The number of nitrogens with zero attached hydrogens (tertiary/aromatic N) is 2. The molecule has 3 nitrogen and oxygen atoms in total. The van der Waals surface area contributed by atoms with Gasteiger partial charge < -0.3 is 5.73 Å². The molecule has 0 saturated heterocycles. The molecule has 0 amide bonds. The first kappa shape index (κ1) is 13.2. The number of hydrogen-bond acceptors (Lipinski definition) is 2. The summed E-state index contributed by atoms with van der Waals surface area (Å²) >= 11 is 0. The molecule has 1 aromatic carbocycles. The van der Waals surface area contributed by atoms with Crippen LogP contribution in [0.3, 0.4) is 0 Å². The van der Waals surface area contributed by atoms with E-state index in [2.05, 4.69) is 26.0 Å². The van der Waals surface area contributed by atoms with E-state index >= 15 is 0 Å². The summed E-state index contributed by atoms with van der Waals surface area (Å²) in [7, 11) is 0. The summed E-state index contributed by atoms with van der Waals surface area (Å²) in [5.74, 6) is 0.807. The van der Waals surface area contributed by atoms with Crippen LogP contribution in [-0.4, -0.2) is 9.78 Å². The van der Waals surface area contributed by atoms with Crippen LogP contribution in [0.25, 0.3) is 5.69 Å². The van der Waals surface area contributed by atoms with Crippen molar-refractivity contribution >= 4 is 5.82 Å². The van der Waals surface area contributed by atoms with Crippen molar-refractivity contribution in [1.29, 1.82) is 0 Å². The summed E-state index contributed by atoms with van der Waals surface area (Å²) < 4.78 is 1.91. The number of hydrogen-bond donors (Lipinski definition) is 1. The third kappa shape index (κ3) is 2.01. The smallest absolute Gasteiger partial charge is 0.130 e. The minimum Gasteiger partial charge on any atom is -0.383 e. The van der Waals surface area contributed by atoms with Crippen LogP contribution in [0, 0.1) is 0 Å². The summed E-state index contributed by atoms with van der Waals surface area (Å²) in [4.78, 5) is 0. The van der Waals surface area contributed by atoms with Gasteiger partial charge in [-0.2, -0.15) is 5.10 Å². The third-order valence-electron chi connectivity index (χ3n) is 4.66. The molecule has 1 saturated carbocycles. The fourth-order valence-corrected chi connectivity index (χ4v) is 3.46. The third-order valence-corrected chi connectivity index (χ3v) is 4.66. The van der Waals surface area contributed by atoms with Gasteiger partial charge in [0.2, 0.25) is 0 Å². The van der Waals surface area contributed by atoms with Crippen LogP contribution in [0.15, 0.2) is 30.3 Å². The Labute approximate surface area is 120 Å². The lowest BCUT2D eigenvalue weighted by atomic mass is 9.82. The second-order valence-corrected chi connectivity index (χ2v) is 6.08. The molecule has 0 aliphatic heterocycles. The van der Waals surface area contributed by atoms with Crippen molar-refractivity contribution in [2.45, 2.75) is 51.4 Å². The van der Waals surface area contributed by atoms with Crippen LogP contribution in [0.2, 0.25) is 0 Å². The lowest BCUT2D eigenvalue weighted by molar-refractivity contribution is 0.467. The SMILES string of the molecule is CCc1c(C2(C)CCCC2)nn(-c2ccccc2)c1N. The van der Waals surface area contributed by atoms with Crippen LogP contribution >= 0.6 is 0 Å². The Kier molecular flexibility index (Phi) is 3.28. The average Bonchev–Trinajstić information content (AvgIpc) is 3.05. The molecular weight excluding hydrogens is 246 g/mol. The van der Waals surface area contributed by atoms with Crippen molar-refractivity contribution in [3.05, 3.63) is 41.6 Å². The van der Waals surface area contributed by atoms with Gasteiger partial charge in [-0.15, -0.1) is 0 Å². The number of anilines is 1. The fourth-order valence-electron chi connectivity index (χ4n) is 3.46. The monoisotopic (exact) mass is 269 g/mol. The van der Waals surface area contributed by atoms with E-state index in [1.807, 2.05) is 22.9 Å². The van der Waals surface area contributed by atoms with E-state index in [1.165, 1.54) is 36.9 Å². The molecular formula is C17H23N3. The molecule has 2 aromatic rings. The number of benzene rings is 1. The van der Waals surface area contributed by atoms with Crippen molar-refractivity contribution in [2.75, 3.05) is 5.73 Å². The van der Waals surface area contributed by atoms with E-state index in [1.54, 1.807) is 0 Å². The van der Waals surface area contributed by atoms with Crippen molar-refractivity contribution in [1.82, 2.24) is 9.78 Å². The van der Waals surface area contributed by atoms with Gasteiger partial charge in [-0.05, 0) is 31.4 Å². The predicted molar refractivity (Wildman–Crippen MR) is 83.2 cm³/mol. The molecule has 0 spiro atoms. The Morgan fingerprint density at radius 3 is 2.45 bits per heavy atom. The highest BCUT2D eigenvalue weighted by Crippen LogP contribution is 2.43. The zero-order valence-electron chi connectivity index (χ0n) is 12.4. The van der Waals surface area contributed by atoms with E-state index in [0.717, 1.165) is 17.9 Å². The van der Waals surface area contributed by atoms with Crippen molar-refractivity contribution in [3.8, 4) is 5.69 Å². The maximum Gasteiger partial charge on any atom is 0.130 e. The highest BCUT2D eigenvalue weighted by atomic mass is 15.3. The largest absolute Gasteiger partial charge is 0.383 e. The molecule has 3 heteroatoms. The zero-order valence-corrected chi connectivity index (χ0v) is 12.4. The Morgan fingerprint density at radius 1 is 1.20 bits per heavy atom. The quantitative estimate of drug-likeness (QED) is 0.919. The molecule has 0 bridgehead atoms. The summed E-state index contributed by atoms with van der Waals surface area (Å²) in [6.45, 7) is 4.51. The molecule has 1 aliphatic rings. The highest BCUT2D eigenvalue weighted by molar-refractivity contribution is 5.52. The minimum absolute atomic E-state index is 0.208. The number of nitrogens with two attached hydrogens (primary N) is 1. The van der Waals surface area contributed by atoms with Crippen LogP contribution < -0.4 is 5.73 Å². The second-order valence-electron chi connectivity index (χ2n) is 6.08. The highest BCUT2D eigenvalue weighted by Gasteiger charge is 2.36. The molecule has 1 heterocycles. The average molecular weight is 269 g/mol. The number of rotatable bonds is 3. The van der Waals surface area contributed by atoms with Gasteiger partial charge in [0.15, 0.2) is 0 Å². The molecule has 1 aromatic heterocycles. The number of nitrogen functional groups attached to an aromatic ring is 1. The maximum absolute atomic E-state index is 6.37. The Balaban J connectivity index is 2.13. The molecule has 20 heavy (non-hydrogen) atoms. The van der Waals surface area contributed by atoms with Crippen LogP contribution in [0.4, 0.5) is 5.82 Å². The Morgan fingerprint density at radius 2 is 1.85 bits per heavy atom. The van der Waals surface area contributed by atoms with Gasteiger partial charge >= 0.3 is 0 Å². The molecule has 1 aliphatic carbocycles. The summed E-state index contributed by atoms with van der Waals surface area (Å²) in [6.07, 6.45) is 6.01. The Bertz CT molecular complexity index is 592. The van der Waals surface area contributed by atoms with Gasteiger partial charge in [-0.1, -0.05) is 44.9 Å². The van der Waals surface area contributed by atoms with Gasteiger partial charge in [0.05, 0.1) is 11.4 Å². The first-order valence-corrected chi connectivity index (χ1v) is 7.59. The van der Waals surface area contributed by atoms with E-state index in [-0.39, 0.29) is 5.41 Å². The molecule has 0 unspecified atom stereocenters. The first-order valence-electron chi connectivity index (χ1n) is 7.59. The molecule has 1 fully saturated rings. The Hall–Kier alpha value is -1.77. The number of aromatic nitrogens is 2. The summed E-state index contributed by atoms with van der Waals surface area (Å²) in [6, 6.07) is 10.2. The van der Waals surface area contributed by atoms with Crippen LogP contribution in [-0.2, 0) is 11.8 Å². The van der Waals surface area contributed by atoms with Crippen LogP contribution in [0.5, 0.6) is 0 Å². The lowest BCUT2D eigenvalue weighted by Crippen LogP contribution is -2.19. The normalized spacial score (nSPS) is 17.5. The maximum atomic E-state index is 6.37. The zero-order chi connectivity index (χ0) is 14.2. The van der Waals surface area contributed by atoms with Crippen molar-refractivity contribution in [3.63, 3.8) is 0 Å². The van der Waals surface area contributed by atoms with Gasteiger partial charge in [0, 0.05) is 11.0 Å². The standard InChI is InChI=1S/C17H23N3/c1-3-14-15(17(2)11-7-8-12-17)19-20(16(14)18)13-9-5-4-6-10-13/h4-6,9-10H,3,7-8,11-12,18H2,1-2H3. The second kappa shape index (κ2) is 4.97. The molecule has 3 rings (SSSR count).